The lowest BCUT2D eigenvalue weighted by molar-refractivity contribution is -0.120. The predicted octanol–water partition coefficient (Wildman–Crippen LogP) is 2.54. The quantitative estimate of drug-likeness (QED) is 0.650. The van der Waals surface area contributed by atoms with Gasteiger partial charge in [-0.1, -0.05) is 6.07 Å². The fraction of sp³-hybridized carbons (Fsp3) is 0.565. The van der Waals surface area contributed by atoms with Crippen LogP contribution in [0.3, 0.4) is 0 Å². The number of aliphatic hydroxyl groups is 1. The number of hydrogen-bond acceptors (Lipinski definition) is 6. The van der Waals surface area contributed by atoms with E-state index in [0.717, 1.165) is 22.9 Å². The van der Waals surface area contributed by atoms with Crippen molar-refractivity contribution in [2.75, 3.05) is 11.4 Å². The van der Waals surface area contributed by atoms with Gasteiger partial charge in [-0.05, 0) is 57.7 Å². The average Bonchev–Trinajstić information content (AvgIpc) is 3.02. The standard InChI is InChI=1S/C23H31N5O5/c1-23(2,3)33-22(32)24-14-6-8-15(18(29)12-14)13-5-7-16-17(11-13)27(4)26-20(16)28-10-9-19(30)25-21(28)31/h5,7,11,14-15,18,29H,6,8-10,12H2,1-4H3,(H,24,32)(H,25,30,31)/t14-,15-,18-/m1/s1. The highest BCUT2D eigenvalue weighted by Gasteiger charge is 2.33. The van der Waals surface area contributed by atoms with E-state index in [1.165, 1.54) is 4.90 Å². The summed E-state index contributed by atoms with van der Waals surface area (Å²) in [6, 6.07) is 5.25. The monoisotopic (exact) mass is 457 g/mol. The van der Waals surface area contributed by atoms with Crippen LogP contribution in [0.4, 0.5) is 15.4 Å². The molecule has 4 rings (SSSR count). The minimum Gasteiger partial charge on any atom is -0.444 e. The summed E-state index contributed by atoms with van der Waals surface area (Å²) in [5.74, 6) is 0.153. The summed E-state index contributed by atoms with van der Waals surface area (Å²) in [4.78, 5) is 37.3. The molecule has 1 saturated heterocycles. The van der Waals surface area contributed by atoms with E-state index in [4.69, 9.17) is 4.74 Å². The molecule has 10 nitrogen and oxygen atoms in total. The lowest BCUT2D eigenvalue weighted by atomic mass is 9.79. The molecule has 1 saturated carbocycles. The van der Waals surface area contributed by atoms with Crippen LogP contribution in [0.15, 0.2) is 18.2 Å². The van der Waals surface area contributed by atoms with Crippen molar-refractivity contribution in [3.8, 4) is 0 Å². The zero-order chi connectivity index (χ0) is 23.9. The van der Waals surface area contributed by atoms with Gasteiger partial charge in [0, 0.05) is 37.4 Å². The van der Waals surface area contributed by atoms with Crippen LogP contribution in [0.5, 0.6) is 0 Å². The number of aliphatic hydroxyl groups excluding tert-OH is 1. The van der Waals surface area contributed by atoms with Gasteiger partial charge in [0.1, 0.15) is 5.60 Å². The van der Waals surface area contributed by atoms with Crippen molar-refractivity contribution in [2.24, 2.45) is 7.05 Å². The molecular weight excluding hydrogens is 426 g/mol. The van der Waals surface area contributed by atoms with E-state index in [2.05, 4.69) is 15.7 Å². The number of imide groups is 1. The Labute approximate surface area is 192 Å². The van der Waals surface area contributed by atoms with E-state index >= 15 is 0 Å². The molecule has 3 N–H and O–H groups in total. The van der Waals surface area contributed by atoms with Crippen molar-refractivity contribution in [2.45, 2.75) is 70.1 Å². The number of alkyl carbamates (subject to hydrolysis) is 1. The summed E-state index contributed by atoms with van der Waals surface area (Å²) in [6.45, 7) is 5.73. The van der Waals surface area contributed by atoms with Gasteiger partial charge in [-0.15, -0.1) is 0 Å². The molecule has 4 amide bonds. The van der Waals surface area contributed by atoms with Crippen LogP contribution in [0.25, 0.3) is 10.9 Å². The first-order chi connectivity index (χ1) is 15.5. The normalized spacial score (nSPS) is 24.0. The number of ether oxygens (including phenoxy) is 1. The largest absolute Gasteiger partial charge is 0.444 e. The van der Waals surface area contributed by atoms with Gasteiger partial charge in [-0.3, -0.25) is 19.7 Å². The van der Waals surface area contributed by atoms with Crippen LogP contribution in [-0.2, 0) is 16.6 Å². The Morgan fingerprint density at radius 1 is 1.27 bits per heavy atom. The van der Waals surface area contributed by atoms with Crippen molar-refractivity contribution in [1.82, 2.24) is 20.4 Å². The molecule has 10 heteroatoms. The lowest BCUT2D eigenvalue weighted by Gasteiger charge is -2.34. The third-order valence-electron chi connectivity index (χ3n) is 6.13. The summed E-state index contributed by atoms with van der Waals surface area (Å²) in [5, 5.41) is 21.3. The van der Waals surface area contributed by atoms with Crippen molar-refractivity contribution in [3.05, 3.63) is 23.8 Å². The molecule has 0 bridgehead atoms. The molecule has 3 atom stereocenters. The molecule has 2 heterocycles. The van der Waals surface area contributed by atoms with Gasteiger partial charge in [-0.25, -0.2) is 9.59 Å². The number of urea groups is 1. The van der Waals surface area contributed by atoms with Crippen molar-refractivity contribution in [1.29, 1.82) is 0 Å². The third-order valence-corrected chi connectivity index (χ3v) is 6.13. The second kappa shape index (κ2) is 8.66. The van der Waals surface area contributed by atoms with Crippen LogP contribution >= 0.6 is 0 Å². The first kappa shape index (κ1) is 23.0. The number of aromatic nitrogens is 2. The number of carbonyl (C=O) groups is 3. The molecule has 1 aliphatic heterocycles. The molecule has 33 heavy (non-hydrogen) atoms. The Morgan fingerprint density at radius 2 is 2.03 bits per heavy atom. The Morgan fingerprint density at radius 3 is 2.70 bits per heavy atom. The number of carbonyl (C=O) groups excluding carboxylic acids is 3. The van der Waals surface area contributed by atoms with Crippen molar-refractivity contribution in [3.63, 3.8) is 0 Å². The molecule has 0 unspecified atom stereocenters. The number of rotatable bonds is 3. The zero-order valence-electron chi connectivity index (χ0n) is 19.4. The van der Waals surface area contributed by atoms with Crippen LogP contribution in [0.1, 0.15) is 57.9 Å². The van der Waals surface area contributed by atoms with E-state index in [9.17, 15) is 19.5 Å². The number of anilines is 1. The van der Waals surface area contributed by atoms with Crippen LogP contribution in [0, 0.1) is 0 Å². The minimum atomic E-state index is -0.609. The average molecular weight is 458 g/mol. The maximum Gasteiger partial charge on any atom is 0.407 e. The third kappa shape index (κ3) is 4.95. The van der Waals surface area contributed by atoms with Gasteiger partial charge in [0.05, 0.1) is 11.6 Å². The number of fused-ring (bicyclic) bond motifs is 1. The van der Waals surface area contributed by atoms with Crippen molar-refractivity contribution >= 4 is 34.8 Å². The molecule has 178 valence electrons. The number of amides is 4. The van der Waals surface area contributed by atoms with Gasteiger partial charge in [-0.2, -0.15) is 5.10 Å². The van der Waals surface area contributed by atoms with E-state index in [-0.39, 0.29) is 30.8 Å². The Bertz CT molecular complexity index is 1090. The Kier molecular flexibility index (Phi) is 6.04. The first-order valence-corrected chi connectivity index (χ1v) is 11.3. The molecule has 1 aliphatic carbocycles. The predicted molar refractivity (Wildman–Crippen MR) is 122 cm³/mol. The van der Waals surface area contributed by atoms with Crippen LogP contribution in [-0.4, -0.2) is 57.2 Å². The summed E-state index contributed by atoms with van der Waals surface area (Å²) >= 11 is 0. The number of aryl methyl sites for hydroxylation is 1. The van der Waals surface area contributed by atoms with E-state index < -0.39 is 23.8 Å². The molecule has 0 radical (unpaired) electrons. The smallest absolute Gasteiger partial charge is 0.407 e. The highest BCUT2D eigenvalue weighted by Crippen LogP contribution is 2.36. The highest BCUT2D eigenvalue weighted by molar-refractivity contribution is 6.08. The minimum absolute atomic E-state index is 0.0691. The fourth-order valence-electron chi connectivity index (χ4n) is 4.59. The summed E-state index contributed by atoms with van der Waals surface area (Å²) < 4.78 is 7.03. The molecular formula is C23H31N5O5. The molecule has 2 fully saturated rings. The molecule has 1 aromatic carbocycles. The fourth-order valence-corrected chi connectivity index (χ4v) is 4.59. The van der Waals surface area contributed by atoms with Gasteiger partial charge in [0.2, 0.25) is 5.91 Å². The summed E-state index contributed by atoms with van der Waals surface area (Å²) in [6.07, 6.45) is 1.05. The molecule has 2 aromatic rings. The molecule has 1 aromatic heterocycles. The Balaban J connectivity index is 1.48. The Hall–Kier alpha value is -3.14. The molecule has 2 aliphatic rings. The van der Waals surface area contributed by atoms with E-state index in [1.54, 1.807) is 11.7 Å². The van der Waals surface area contributed by atoms with E-state index in [1.807, 2.05) is 39.0 Å². The SMILES string of the molecule is Cn1nc(N2CCC(=O)NC2=O)c2ccc([C@H]3CC[C@@H](NC(=O)OC(C)(C)C)C[C@H]3O)cc21. The second-order valence-corrected chi connectivity index (χ2v) is 9.81. The van der Waals surface area contributed by atoms with Gasteiger partial charge in [0.15, 0.2) is 5.82 Å². The van der Waals surface area contributed by atoms with E-state index in [0.29, 0.717) is 18.7 Å². The van der Waals surface area contributed by atoms with Crippen LogP contribution in [0.2, 0.25) is 0 Å². The van der Waals surface area contributed by atoms with Crippen LogP contribution < -0.4 is 15.5 Å². The molecule has 0 spiro atoms. The lowest BCUT2D eigenvalue weighted by Crippen LogP contribution is -2.49. The number of hydrogen-bond donors (Lipinski definition) is 3. The topological polar surface area (TPSA) is 126 Å². The number of nitrogens with zero attached hydrogens (tertiary/aromatic N) is 3. The summed E-state index contributed by atoms with van der Waals surface area (Å²) in [7, 11) is 1.81. The highest BCUT2D eigenvalue weighted by atomic mass is 16.6. The van der Waals surface area contributed by atoms with Gasteiger partial charge in [0.25, 0.3) is 0 Å². The van der Waals surface area contributed by atoms with Crippen molar-refractivity contribution < 1.29 is 24.2 Å². The second-order valence-electron chi connectivity index (χ2n) is 9.81. The zero-order valence-corrected chi connectivity index (χ0v) is 19.4. The summed E-state index contributed by atoms with van der Waals surface area (Å²) in [5.41, 5.74) is 1.26. The maximum absolute atomic E-state index is 12.3. The number of nitrogens with one attached hydrogen (secondary N) is 2. The number of benzene rings is 1. The van der Waals surface area contributed by atoms with Gasteiger partial charge >= 0.3 is 12.1 Å². The maximum atomic E-state index is 12.3. The first-order valence-electron chi connectivity index (χ1n) is 11.3. The van der Waals surface area contributed by atoms with Gasteiger partial charge < -0.3 is 15.2 Å².